The number of amides is 2. The molecule has 0 radical (unpaired) electrons. The van der Waals surface area contributed by atoms with Crippen LogP contribution < -0.4 is 10.6 Å². The van der Waals surface area contributed by atoms with Crippen molar-refractivity contribution in [2.24, 2.45) is 0 Å². The molecule has 0 bridgehead atoms. The van der Waals surface area contributed by atoms with Gasteiger partial charge in [-0.3, -0.25) is 14.9 Å². The van der Waals surface area contributed by atoms with E-state index >= 15 is 0 Å². The average molecular weight is 295 g/mol. The molecule has 0 unspecified atom stereocenters. The molecule has 0 aliphatic rings. The number of rotatable bonds is 2. The molecule has 0 spiro atoms. The third-order valence-electron chi connectivity index (χ3n) is 2.17. The number of benzene rings is 1. The maximum absolute atomic E-state index is 12.9. The molecule has 0 saturated carbocycles. The second kappa shape index (κ2) is 6.07. The van der Waals surface area contributed by atoms with Crippen molar-refractivity contribution in [2.45, 2.75) is 0 Å². The number of hydrogen-bond donors (Lipinski definition) is 2. The summed E-state index contributed by atoms with van der Waals surface area (Å²) in [4.78, 5) is 30.6. The van der Waals surface area contributed by atoms with E-state index in [-0.39, 0.29) is 16.7 Å². The molecule has 1 aromatic carbocycles. The zero-order valence-electron chi connectivity index (χ0n) is 9.93. The Morgan fingerprint density at radius 3 is 2.40 bits per heavy atom. The van der Waals surface area contributed by atoms with Crippen LogP contribution in [-0.2, 0) is 9.59 Å². The minimum atomic E-state index is -0.948. The molecule has 2 aromatic rings. The summed E-state index contributed by atoms with van der Waals surface area (Å²) in [6.07, 6.45) is 2.83. The Morgan fingerprint density at radius 1 is 1.10 bits per heavy atom. The first kappa shape index (κ1) is 13.9. The van der Waals surface area contributed by atoms with Crippen LogP contribution in [0.3, 0.4) is 0 Å². The maximum Gasteiger partial charge on any atom is 0.316 e. The second-order valence-electron chi connectivity index (χ2n) is 3.61. The topological polar surface area (TPSA) is 84.0 Å². The number of carbonyl (C=O) groups excluding carboxylic acids is 2. The smallest absolute Gasteiger partial charge is 0.316 e. The molecule has 1 aromatic heterocycles. The van der Waals surface area contributed by atoms with Gasteiger partial charge in [-0.15, -0.1) is 0 Å². The van der Waals surface area contributed by atoms with Gasteiger partial charge in [-0.25, -0.2) is 14.4 Å². The molecule has 0 aliphatic carbocycles. The highest BCUT2D eigenvalue weighted by Crippen LogP contribution is 2.19. The third-order valence-corrected chi connectivity index (χ3v) is 2.46. The average Bonchev–Trinajstić information content (AvgIpc) is 2.44. The Hall–Kier alpha value is -2.54. The number of nitrogens with one attached hydrogen (secondary N) is 2. The van der Waals surface area contributed by atoms with E-state index in [4.69, 9.17) is 11.6 Å². The number of anilines is 2. The number of aromatic nitrogens is 2. The van der Waals surface area contributed by atoms with Gasteiger partial charge in [0.15, 0.2) is 0 Å². The molecule has 0 fully saturated rings. The fourth-order valence-corrected chi connectivity index (χ4v) is 1.46. The summed E-state index contributed by atoms with van der Waals surface area (Å²) in [6.45, 7) is 0. The van der Waals surface area contributed by atoms with Crippen molar-refractivity contribution in [1.29, 1.82) is 0 Å². The van der Waals surface area contributed by atoms with Gasteiger partial charge in [-0.2, -0.15) is 0 Å². The molecule has 6 nitrogen and oxygen atoms in total. The van der Waals surface area contributed by atoms with E-state index < -0.39 is 17.6 Å². The zero-order chi connectivity index (χ0) is 14.5. The lowest BCUT2D eigenvalue weighted by molar-refractivity contribution is -0.133. The highest BCUT2D eigenvalue weighted by Gasteiger charge is 2.15. The van der Waals surface area contributed by atoms with Crippen molar-refractivity contribution >= 4 is 35.1 Å². The molecule has 0 atom stereocenters. The van der Waals surface area contributed by atoms with Gasteiger partial charge >= 0.3 is 11.8 Å². The van der Waals surface area contributed by atoms with E-state index in [2.05, 4.69) is 20.6 Å². The minimum Gasteiger partial charge on any atom is -0.318 e. The molecule has 102 valence electrons. The van der Waals surface area contributed by atoms with Crippen LogP contribution in [0.5, 0.6) is 0 Å². The Labute approximate surface area is 118 Å². The van der Waals surface area contributed by atoms with Crippen molar-refractivity contribution in [1.82, 2.24) is 9.97 Å². The minimum absolute atomic E-state index is 0.00443. The number of halogens is 2. The highest BCUT2D eigenvalue weighted by molar-refractivity contribution is 6.43. The van der Waals surface area contributed by atoms with Crippen LogP contribution in [0.25, 0.3) is 0 Å². The van der Waals surface area contributed by atoms with E-state index in [0.717, 1.165) is 6.07 Å². The van der Waals surface area contributed by atoms with Crippen LogP contribution >= 0.6 is 11.6 Å². The first-order chi connectivity index (χ1) is 9.56. The monoisotopic (exact) mass is 294 g/mol. The number of carbonyl (C=O) groups is 2. The lowest BCUT2D eigenvalue weighted by atomic mass is 10.3. The SMILES string of the molecule is O=C(Nc1ccc(F)c(Cl)c1)C(=O)Nc1ncccn1. The van der Waals surface area contributed by atoms with Gasteiger partial charge in [0.2, 0.25) is 5.95 Å². The summed E-state index contributed by atoms with van der Waals surface area (Å²) in [5.41, 5.74) is 0.200. The van der Waals surface area contributed by atoms with Gasteiger partial charge in [-0.05, 0) is 24.3 Å². The fraction of sp³-hybridized carbons (Fsp3) is 0. The van der Waals surface area contributed by atoms with Crippen LogP contribution in [0.1, 0.15) is 0 Å². The molecule has 20 heavy (non-hydrogen) atoms. The molecule has 0 aliphatic heterocycles. The Bertz CT molecular complexity index is 651. The van der Waals surface area contributed by atoms with E-state index in [0.29, 0.717) is 0 Å². The Balaban J connectivity index is 2.01. The molecule has 2 N–H and O–H groups in total. The van der Waals surface area contributed by atoms with Gasteiger partial charge in [0.25, 0.3) is 0 Å². The van der Waals surface area contributed by atoms with Crippen LogP contribution in [0.2, 0.25) is 5.02 Å². The van der Waals surface area contributed by atoms with Crippen molar-refractivity contribution in [2.75, 3.05) is 10.6 Å². The molecular formula is C12H8ClFN4O2. The molecule has 1 heterocycles. The fourth-order valence-electron chi connectivity index (χ4n) is 1.28. The lowest BCUT2D eigenvalue weighted by Gasteiger charge is -2.05. The van der Waals surface area contributed by atoms with Gasteiger partial charge in [0.05, 0.1) is 5.02 Å². The van der Waals surface area contributed by atoms with Crippen LogP contribution in [-0.4, -0.2) is 21.8 Å². The van der Waals surface area contributed by atoms with Crippen molar-refractivity contribution in [3.63, 3.8) is 0 Å². The van der Waals surface area contributed by atoms with Crippen molar-refractivity contribution < 1.29 is 14.0 Å². The highest BCUT2D eigenvalue weighted by atomic mass is 35.5. The Morgan fingerprint density at radius 2 is 1.75 bits per heavy atom. The summed E-state index contributed by atoms with van der Waals surface area (Å²) in [5.74, 6) is -2.51. The van der Waals surface area contributed by atoms with Gasteiger partial charge < -0.3 is 5.32 Å². The first-order valence-corrected chi connectivity index (χ1v) is 5.78. The van der Waals surface area contributed by atoms with E-state index in [1.807, 2.05) is 0 Å². The predicted molar refractivity (Wildman–Crippen MR) is 70.7 cm³/mol. The normalized spacial score (nSPS) is 9.90. The quantitative estimate of drug-likeness (QED) is 0.828. The Kier molecular flexibility index (Phi) is 4.21. The summed E-state index contributed by atoms with van der Waals surface area (Å²) < 4.78 is 12.9. The zero-order valence-corrected chi connectivity index (χ0v) is 10.7. The maximum atomic E-state index is 12.9. The van der Waals surface area contributed by atoms with E-state index in [1.165, 1.54) is 24.5 Å². The first-order valence-electron chi connectivity index (χ1n) is 5.40. The summed E-state index contributed by atoms with van der Waals surface area (Å²) in [6, 6.07) is 5.12. The number of hydrogen-bond acceptors (Lipinski definition) is 4. The largest absolute Gasteiger partial charge is 0.318 e. The van der Waals surface area contributed by atoms with Gasteiger partial charge in [0.1, 0.15) is 5.82 Å². The molecule has 2 amide bonds. The second-order valence-corrected chi connectivity index (χ2v) is 4.02. The number of nitrogens with zero attached hydrogens (tertiary/aromatic N) is 2. The summed E-state index contributed by atoms with van der Waals surface area (Å²) >= 11 is 5.56. The van der Waals surface area contributed by atoms with Crippen LogP contribution in [0.15, 0.2) is 36.7 Å². The van der Waals surface area contributed by atoms with E-state index in [1.54, 1.807) is 6.07 Å². The van der Waals surface area contributed by atoms with Crippen LogP contribution in [0.4, 0.5) is 16.0 Å². The standard InChI is InChI=1S/C12H8ClFN4O2/c13-8-6-7(2-3-9(8)14)17-10(19)11(20)18-12-15-4-1-5-16-12/h1-6H,(H,17,19)(H,15,16,18,20). The van der Waals surface area contributed by atoms with Gasteiger partial charge in [-0.1, -0.05) is 11.6 Å². The molecule has 0 saturated heterocycles. The van der Waals surface area contributed by atoms with Crippen molar-refractivity contribution in [3.8, 4) is 0 Å². The van der Waals surface area contributed by atoms with Crippen LogP contribution in [0, 0.1) is 5.82 Å². The molecule has 8 heteroatoms. The van der Waals surface area contributed by atoms with E-state index in [9.17, 15) is 14.0 Å². The predicted octanol–water partition coefficient (Wildman–Crippen LogP) is 1.85. The summed E-state index contributed by atoms with van der Waals surface area (Å²) in [7, 11) is 0. The van der Waals surface area contributed by atoms with Gasteiger partial charge in [0, 0.05) is 18.1 Å². The van der Waals surface area contributed by atoms with Crippen molar-refractivity contribution in [3.05, 3.63) is 47.5 Å². The summed E-state index contributed by atoms with van der Waals surface area (Å²) in [5, 5.41) is 4.32. The lowest BCUT2D eigenvalue weighted by Crippen LogP contribution is -2.29. The third kappa shape index (κ3) is 3.48. The molecule has 2 rings (SSSR count). The molecular weight excluding hydrogens is 287 g/mol.